The Morgan fingerprint density at radius 3 is 2.95 bits per heavy atom. The minimum Gasteiger partial charge on any atom is -0.357 e. The fourth-order valence-corrected chi connectivity index (χ4v) is 3.55. The number of rotatable bonds is 6. The van der Waals surface area contributed by atoms with E-state index in [-0.39, 0.29) is 5.82 Å². The molecule has 0 aromatic heterocycles. The van der Waals surface area contributed by atoms with Crippen molar-refractivity contribution in [1.82, 2.24) is 10.6 Å². The third kappa shape index (κ3) is 5.48. The Morgan fingerprint density at radius 2 is 2.23 bits per heavy atom. The Labute approximate surface area is 135 Å². The number of halogens is 2. The van der Waals surface area contributed by atoms with Gasteiger partial charge in [0, 0.05) is 18.3 Å². The number of thioether (sulfide) groups is 1. The molecule has 0 amide bonds. The molecule has 2 N–H and O–H groups in total. The molecule has 3 nitrogen and oxygen atoms in total. The Bertz CT molecular complexity index is 502. The Balaban J connectivity index is 1.82. The van der Waals surface area contributed by atoms with Crippen LogP contribution in [-0.4, -0.2) is 36.6 Å². The van der Waals surface area contributed by atoms with E-state index < -0.39 is 5.82 Å². The maximum atomic E-state index is 13.6. The summed E-state index contributed by atoms with van der Waals surface area (Å²) in [5, 5.41) is 6.97. The fraction of sp³-hybridized carbons (Fsp3) is 0.562. The van der Waals surface area contributed by atoms with Crippen molar-refractivity contribution < 1.29 is 8.78 Å². The highest BCUT2D eigenvalue weighted by Crippen LogP contribution is 2.25. The van der Waals surface area contributed by atoms with E-state index >= 15 is 0 Å². The molecule has 1 saturated heterocycles. The second-order valence-corrected chi connectivity index (χ2v) is 6.68. The van der Waals surface area contributed by atoms with Gasteiger partial charge in [-0.1, -0.05) is 0 Å². The summed E-state index contributed by atoms with van der Waals surface area (Å²) in [6.07, 6.45) is 2.92. The van der Waals surface area contributed by atoms with Crippen LogP contribution in [0.25, 0.3) is 0 Å². The van der Waals surface area contributed by atoms with Crippen LogP contribution in [0.15, 0.2) is 23.2 Å². The first-order valence-corrected chi connectivity index (χ1v) is 8.81. The van der Waals surface area contributed by atoms with E-state index in [1.54, 1.807) is 0 Å². The van der Waals surface area contributed by atoms with Crippen LogP contribution in [0.1, 0.15) is 25.3 Å². The van der Waals surface area contributed by atoms with E-state index in [1.165, 1.54) is 30.7 Å². The molecule has 1 fully saturated rings. The van der Waals surface area contributed by atoms with Crippen molar-refractivity contribution >= 4 is 17.7 Å². The molecule has 6 heteroatoms. The minimum atomic E-state index is -0.407. The molecule has 122 valence electrons. The van der Waals surface area contributed by atoms with Crippen LogP contribution in [0.5, 0.6) is 0 Å². The largest absolute Gasteiger partial charge is 0.357 e. The smallest absolute Gasteiger partial charge is 0.191 e. The third-order valence-electron chi connectivity index (χ3n) is 3.52. The van der Waals surface area contributed by atoms with Gasteiger partial charge in [-0.05, 0) is 55.7 Å². The molecule has 2 rings (SSSR count). The summed E-state index contributed by atoms with van der Waals surface area (Å²) in [6, 6.07) is 3.55. The van der Waals surface area contributed by atoms with Gasteiger partial charge in [0.25, 0.3) is 0 Å². The van der Waals surface area contributed by atoms with Crippen molar-refractivity contribution in [2.75, 3.05) is 25.4 Å². The first-order chi connectivity index (χ1) is 10.7. The number of hydrogen-bond acceptors (Lipinski definition) is 2. The number of nitrogens with one attached hydrogen (secondary N) is 2. The third-order valence-corrected chi connectivity index (χ3v) is 4.90. The van der Waals surface area contributed by atoms with Gasteiger partial charge < -0.3 is 10.6 Å². The molecule has 0 aliphatic carbocycles. The first kappa shape index (κ1) is 17.1. The van der Waals surface area contributed by atoms with E-state index in [0.717, 1.165) is 25.1 Å². The van der Waals surface area contributed by atoms with E-state index in [2.05, 4.69) is 15.6 Å². The van der Waals surface area contributed by atoms with Crippen LogP contribution in [0.2, 0.25) is 0 Å². The lowest BCUT2D eigenvalue weighted by Crippen LogP contribution is -2.38. The van der Waals surface area contributed by atoms with Gasteiger partial charge in [0.05, 0.1) is 6.54 Å². The van der Waals surface area contributed by atoms with Crippen molar-refractivity contribution in [3.63, 3.8) is 0 Å². The zero-order valence-corrected chi connectivity index (χ0v) is 13.7. The van der Waals surface area contributed by atoms with Crippen molar-refractivity contribution in [2.24, 2.45) is 4.99 Å². The molecular formula is C16H23F2N3S. The van der Waals surface area contributed by atoms with Crippen LogP contribution in [0.3, 0.4) is 0 Å². The van der Waals surface area contributed by atoms with Gasteiger partial charge in [0.2, 0.25) is 0 Å². The number of hydrogen-bond donors (Lipinski definition) is 2. The van der Waals surface area contributed by atoms with Gasteiger partial charge in [-0.25, -0.2) is 8.78 Å². The van der Waals surface area contributed by atoms with E-state index in [4.69, 9.17) is 0 Å². The maximum Gasteiger partial charge on any atom is 0.191 e. The summed E-state index contributed by atoms with van der Waals surface area (Å²) in [5.41, 5.74) is 0.384. The highest BCUT2D eigenvalue weighted by atomic mass is 32.2. The molecule has 0 saturated carbocycles. The predicted molar refractivity (Wildman–Crippen MR) is 89.5 cm³/mol. The Morgan fingerprint density at radius 1 is 1.36 bits per heavy atom. The Hall–Kier alpha value is -1.30. The van der Waals surface area contributed by atoms with Gasteiger partial charge in [-0.3, -0.25) is 4.99 Å². The highest BCUT2D eigenvalue weighted by Gasteiger charge is 2.15. The van der Waals surface area contributed by atoms with Crippen LogP contribution in [0.4, 0.5) is 8.78 Å². The molecule has 22 heavy (non-hydrogen) atoms. The minimum absolute atomic E-state index is 0.368. The van der Waals surface area contributed by atoms with Gasteiger partial charge >= 0.3 is 0 Å². The number of nitrogens with zero attached hydrogens (tertiary/aromatic N) is 1. The van der Waals surface area contributed by atoms with Crippen LogP contribution < -0.4 is 10.6 Å². The van der Waals surface area contributed by atoms with Crippen LogP contribution in [0, 0.1) is 11.6 Å². The molecule has 1 aliphatic heterocycles. The van der Waals surface area contributed by atoms with Gasteiger partial charge in [-0.2, -0.15) is 11.8 Å². The van der Waals surface area contributed by atoms with Crippen molar-refractivity contribution in [3.05, 3.63) is 35.4 Å². The molecule has 1 aromatic carbocycles. The zero-order valence-electron chi connectivity index (χ0n) is 12.9. The quantitative estimate of drug-likeness (QED) is 0.623. The lowest BCUT2D eigenvalue weighted by molar-refractivity contribution is 0.583. The van der Waals surface area contributed by atoms with E-state index in [0.29, 0.717) is 23.8 Å². The topological polar surface area (TPSA) is 36.4 Å². The summed E-state index contributed by atoms with van der Waals surface area (Å²) >= 11 is 1.97. The van der Waals surface area contributed by atoms with E-state index in [9.17, 15) is 8.78 Å². The van der Waals surface area contributed by atoms with Gasteiger partial charge in [0.1, 0.15) is 11.6 Å². The standard InChI is InChI=1S/C16H23F2N3S/c1-2-19-16(21-11-14-4-3-9-22-14)20-8-7-12-10-13(17)5-6-15(12)18/h5-6,10,14H,2-4,7-9,11H2,1H3,(H2,19,20,21). The zero-order chi connectivity index (χ0) is 15.8. The summed E-state index contributed by atoms with van der Waals surface area (Å²) < 4.78 is 26.7. The molecular weight excluding hydrogens is 304 g/mol. The summed E-state index contributed by atoms with van der Waals surface area (Å²) in [5.74, 6) is 1.19. The average molecular weight is 327 g/mol. The number of aliphatic imine (C=N–C) groups is 1. The highest BCUT2D eigenvalue weighted by molar-refractivity contribution is 8.00. The van der Waals surface area contributed by atoms with Crippen LogP contribution in [-0.2, 0) is 6.42 Å². The second-order valence-electron chi connectivity index (χ2n) is 5.27. The first-order valence-electron chi connectivity index (χ1n) is 7.76. The fourth-order valence-electron chi connectivity index (χ4n) is 2.37. The number of guanidine groups is 1. The molecule has 1 atom stereocenters. The molecule has 0 bridgehead atoms. The SMILES string of the molecule is CCNC(=NCC1CCCS1)NCCc1cc(F)ccc1F. The molecule has 0 radical (unpaired) electrons. The van der Waals surface area contributed by atoms with Crippen molar-refractivity contribution in [3.8, 4) is 0 Å². The van der Waals surface area contributed by atoms with Crippen molar-refractivity contribution in [2.45, 2.75) is 31.4 Å². The lowest BCUT2D eigenvalue weighted by Gasteiger charge is -2.13. The van der Waals surface area contributed by atoms with Gasteiger partial charge in [0.15, 0.2) is 5.96 Å². The number of benzene rings is 1. The van der Waals surface area contributed by atoms with E-state index in [1.807, 2.05) is 18.7 Å². The normalized spacial score (nSPS) is 18.5. The van der Waals surface area contributed by atoms with Crippen molar-refractivity contribution in [1.29, 1.82) is 0 Å². The molecule has 1 aliphatic rings. The van der Waals surface area contributed by atoms with Crippen LogP contribution >= 0.6 is 11.8 Å². The molecule has 1 aromatic rings. The molecule has 1 unspecified atom stereocenters. The monoisotopic (exact) mass is 327 g/mol. The maximum absolute atomic E-state index is 13.6. The second kappa shape index (κ2) is 8.98. The average Bonchev–Trinajstić information content (AvgIpc) is 3.01. The molecule has 1 heterocycles. The summed E-state index contributed by atoms with van der Waals surface area (Å²) in [6.45, 7) is 4.10. The Kier molecular flexibility index (Phi) is 6.96. The lowest BCUT2D eigenvalue weighted by atomic mass is 10.1. The predicted octanol–water partition coefficient (Wildman–Crippen LogP) is 2.96. The summed E-state index contributed by atoms with van der Waals surface area (Å²) in [4.78, 5) is 4.57. The summed E-state index contributed by atoms with van der Waals surface area (Å²) in [7, 11) is 0. The van der Waals surface area contributed by atoms with Gasteiger partial charge in [-0.15, -0.1) is 0 Å². The molecule has 0 spiro atoms.